The maximum atomic E-state index is 14.5. The van der Waals surface area contributed by atoms with Crippen LogP contribution >= 0.6 is 11.8 Å². The second-order valence-corrected chi connectivity index (χ2v) is 12.7. The molecule has 17 heteroatoms. The van der Waals surface area contributed by atoms with Crippen molar-refractivity contribution in [3.05, 3.63) is 29.3 Å². The third-order valence-corrected chi connectivity index (χ3v) is 7.12. The summed E-state index contributed by atoms with van der Waals surface area (Å²) in [6.45, 7) is 9.22. The van der Waals surface area contributed by atoms with Gasteiger partial charge < -0.3 is 0 Å². The monoisotopic (exact) mass is 602 g/mol. The highest BCUT2D eigenvalue weighted by molar-refractivity contribution is 8.00. The summed E-state index contributed by atoms with van der Waals surface area (Å²) >= 11 is -1.40. The molecule has 37 heavy (non-hydrogen) atoms. The molecule has 0 radical (unpaired) electrons. The first kappa shape index (κ1) is 33.7. The number of hydrogen-bond acceptors (Lipinski definition) is 3. The highest BCUT2D eigenvalue weighted by Gasteiger charge is 2.92. The minimum atomic E-state index is -8.12. The molecule has 0 saturated carbocycles. The number of halogens is 12. The summed E-state index contributed by atoms with van der Waals surface area (Å²) in [5.41, 5.74) is -1.46. The van der Waals surface area contributed by atoms with Gasteiger partial charge in [0, 0.05) is 4.90 Å². The highest BCUT2D eigenvalue weighted by Crippen LogP contribution is 2.63. The molecule has 0 aliphatic rings. The van der Waals surface area contributed by atoms with Crippen molar-refractivity contribution in [1.29, 1.82) is 0 Å². The van der Waals surface area contributed by atoms with Crippen LogP contribution in [-0.2, 0) is 20.9 Å². The molecule has 216 valence electrons. The van der Waals surface area contributed by atoms with Crippen LogP contribution in [0.4, 0.5) is 52.7 Å². The Kier molecular flexibility index (Phi) is 8.28. The maximum Gasteiger partial charge on any atom is 0.438 e. The van der Waals surface area contributed by atoms with Gasteiger partial charge in [-0.2, -0.15) is 61.1 Å². The largest absolute Gasteiger partial charge is 0.438 e. The van der Waals surface area contributed by atoms with E-state index in [-0.39, 0.29) is 5.56 Å². The van der Waals surface area contributed by atoms with E-state index in [2.05, 4.69) is 0 Å². The molecule has 1 rings (SSSR count). The van der Waals surface area contributed by atoms with E-state index in [4.69, 9.17) is 4.55 Å². The minimum absolute atomic E-state index is 0.154. The zero-order chi connectivity index (χ0) is 30.1. The smallest absolute Gasteiger partial charge is 0.281 e. The van der Waals surface area contributed by atoms with E-state index in [1.165, 1.54) is 26.8 Å². The van der Waals surface area contributed by atoms with Crippen molar-refractivity contribution in [1.82, 2.24) is 0 Å². The number of hydrogen-bond donors (Lipinski definition) is 1. The predicted octanol–water partition coefficient (Wildman–Crippen LogP) is 7.99. The minimum Gasteiger partial charge on any atom is -0.281 e. The summed E-state index contributed by atoms with van der Waals surface area (Å²) in [5, 5.41) is -13.8. The molecule has 1 aromatic rings. The molecule has 0 saturated heterocycles. The lowest BCUT2D eigenvalue weighted by Gasteiger charge is -2.40. The SMILES string of the molecule is CC(C)(C)c1ccc(SC(F)(F)C(F)(F)C(F)(F)C(F)(F)C(F)(F)C(F)(F)S(=O)(=O)O)c(C(C)(C)C)c1. The van der Waals surface area contributed by atoms with Crippen LogP contribution in [0.5, 0.6) is 0 Å². The van der Waals surface area contributed by atoms with Crippen molar-refractivity contribution in [3.63, 3.8) is 0 Å². The van der Waals surface area contributed by atoms with Gasteiger partial charge in [-0.15, -0.1) is 0 Å². The summed E-state index contributed by atoms with van der Waals surface area (Å²) in [5.74, 6) is -31.5. The van der Waals surface area contributed by atoms with Crippen LogP contribution in [0.2, 0.25) is 0 Å². The predicted molar refractivity (Wildman–Crippen MR) is 111 cm³/mol. The van der Waals surface area contributed by atoms with E-state index in [9.17, 15) is 61.1 Å². The lowest BCUT2D eigenvalue weighted by Crippen LogP contribution is -2.71. The third kappa shape index (κ3) is 5.40. The molecule has 0 heterocycles. The van der Waals surface area contributed by atoms with Crippen LogP contribution in [0.3, 0.4) is 0 Å². The van der Waals surface area contributed by atoms with E-state index < -0.39 is 71.8 Å². The maximum absolute atomic E-state index is 14.5. The molecule has 1 N–H and O–H groups in total. The van der Waals surface area contributed by atoms with E-state index in [0.29, 0.717) is 5.56 Å². The fourth-order valence-electron chi connectivity index (χ4n) is 2.80. The molecule has 0 aliphatic heterocycles. The fourth-order valence-corrected chi connectivity index (χ4v) is 4.39. The van der Waals surface area contributed by atoms with E-state index in [1.54, 1.807) is 20.8 Å². The normalized spacial score (nSPS) is 15.8. The molecule has 0 amide bonds. The molecular formula is C20H22F12O3S2. The fraction of sp³-hybridized carbons (Fsp3) is 0.700. The Bertz CT molecular complexity index is 1120. The third-order valence-electron chi connectivity index (χ3n) is 5.13. The summed E-state index contributed by atoms with van der Waals surface area (Å²) < 4.78 is 196. The lowest BCUT2D eigenvalue weighted by atomic mass is 9.81. The van der Waals surface area contributed by atoms with Crippen molar-refractivity contribution in [2.24, 2.45) is 0 Å². The summed E-state index contributed by atoms with van der Waals surface area (Å²) in [6, 6.07) is 3.18. The molecule has 0 atom stereocenters. The molecule has 1 aromatic carbocycles. The molecule has 0 aliphatic carbocycles. The Morgan fingerprint density at radius 3 is 1.41 bits per heavy atom. The van der Waals surface area contributed by atoms with Gasteiger partial charge in [0.25, 0.3) is 0 Å². The molecular weight excluding hydrogens is 580 g/mol. The van der Waals surface area contributed by atoms with Gasteiger partial charge in [-0.3, -0.25) is 4.55 Å². The number of rotatable bonds is 8. The Hall–Kier alpha value is -1.36. The average molecular weight is 603 g/mol. The van der Waals surface area contributed by atoms with Crippen LogP contribution in [0.25, 0.3) is 0 Å². The van der Waals surface area contributed by atoms with Crippen molar-refractivity contribution in [3.8, 4) is 0 Å². The van der Waals surface area contributed by atoms with Crippen molar-refractivity contribution in [2.45, 2.75) is 91.5 Å². The van der Waals surface area contributed by atoms with Gasteiger partial charge in [-0.25, -0.2) is 0 Å². The van der Waals surface area contributed by atoms with Gasteiger partial charge in [-0.1, -0.05) is 53.7 Å². The van der Waals surface area contributed by atoms with E-state index in [1.807, 2.05) is 0 Å². The Labute approximate surface area is 208 Å². The number of thioether (sulfide) groups is 1. The molecule has 0 bridgehead atoms. The van der Waals surface area contributed by atoms with Crippen LogP contribution in [0.15, 0.2) is 23.1 Å². The number of alkyl halides is 12. The van der Waals surface area contributed by atoms with Gasteiger partial charge in [0.05, 0.1) is 0 Å². The first-order valence-electron chi connectivity index (χ1n) is 9.88. The highest BCUT2D eigenvalue weighted by atomic mass is 32.2. The van der Waals surface area contributed by atoms with Crippen molar-refractivity contribution >= 4 is 21.9 Å². The molecule has 0 fully saturated rings. The van der Waals surface area contributed by atoms with Gasteiger partial charge in [0.2, 0.25) is 0 Å². The quantitative estimate of drug-likeness (QED) is 0.186. The Balaban J connectivity index is 3.73. The van der Waals surface area contributed by atoms with E-state index in [0.717, 1.165) is 12.1 Å². The zero-order valence-electron chi connectivity index (χ0n) is 19.8. The second-order valence-electron chi connectivity index (χ2n) is 10.1. The van der Waals surface area contributed by atoms with Crippen LogP contribution < -0.4 is 0 Å². The Morgan fingerprint density at radius 2 is 1.05 bits per heavy atom. The van der Waals surface area contributed by atoms with Gasteiger partial charge >= 0.3 is 44.3 Å². The first-order chi connectivity index (χ1) is 15.8. The summed E-state index contributed by atoms with van der Waals surface area (Å²) in [4.78, 5) is -0.848. The standard InChI is InChI=1S/C20H22F12O3S2/c1-13(2,3)10-7-8-12(11(9-10)14(4,5)6)36-19(29,30)17(25,26)15(21,22)16(23,24)18(27,28)20(31,32)37(33,34)35/h7-9H,1-6H3,(H,33,34,35). The molecule has 0 unspecified atom stereocenters. The number of benzene rings is 1. The van der Waals surface area contributed by atoms with Gasteiger partial charge in [0.15, 0.2) is 0 Å². The van der Waals surface area contributed by atoms with Gasteiger partial charge in [-0.05, 0) is 39.8 Å². The average Bonchev–Trinajstić information content (AvgIpc) is 2.64. The lowest BCUT2D eigenvalue weighted by molar-refractivity contribution is -0.406. The second kappa shape index (κ2) is 9.10. The van der Waals surface area contributed by atoms with Gasteiger partial charge in [0.1, 0.15) is 0 Å². The van der Waals surface area contributed by atoms with Crippen LogP contribution in [0, 0.1) is 0 Å². The van der Waals surface area contributed by atoms with Crippen molar-refractivity contribution < 1.29 is 65.7 Å². The van der Waals surface area contributed by atoms with Crippen molar-refractivity contribution in [2.75, 3.05) is 0 Å². The Morgan fingerprint density at radius 1 is 0.649 bits per heavy atom. The topological polar surface area (TPSA) is 54.4 Å². The molecule has 0 aromatic heterocycles. The van der Waals surface area contributed by atoms with Crippen LogP contribution in [0.1, 0.15) is 52.7 Å². The zero-order valence-corrected chi connectivity index (χ0v) is 21.5. The molecule has 3 nitrogen and oxygen atoms in total. The van der Waals surface area contributed by atoms with Crippen LogP contribution in [-0.4, -0.2) is 47.2 Å². The molecule has 0 spiro atoms. The summed E-state index contributed by atoms with van der Waals surface area (Å²) in [6.07, 6.45) is 0. The van der Waals surface area contributed by atoms with E-state index >= 15 is 0 Å². The summed E-state index contributed by atoms with van der Waals surface area (Å²) in [7, 11) is -7.61. The first-order valence-corrected chi connectivity index (χ1v) is 12.1.